The molecule has 0 aliphatic heterocycles. The number of fused-ring (bicyclic) bond motifs is 1. The first-order chi connectivity index (χ1) is 11.9. The van der Waals surface area contributed by atoms with Crippen molar-refractivity contribution in [1.82, 2.24) is 0 Å². The molecule has 0 radical (unpaired) electrons. The maximum absolute atomic E-state index is 12.1. The molecular formula is C21H20O4. The van der Waals surface area contributed by atoms with Crippen molar-refractivity contribution in [3.05, 3.63) is 80.7 Å². The molecule has 1 heterocycles. The zero-order valence-electron chi connectivity index (χ0n) is 14.6. The fourth-order valence-corrected chi connectivity index (χ4v) is 2.75. The molecule has 1 aromatic heterocycles. The Morgan fingerprint density at radius 2 is 1.80 bits per heavy atom. The Bertz CT molecular complexity index is 998. The number of aryl methyl sites for hydroxylation is 3. The predicted molar refractivity (Wildman–Crippen MR) is 96.6 cm³/mol. The van der Waals surface area contributed by atoms with Crippen molar-refractivity contribution in [1.29, 1.82) is 0 Å². The van der Waals surface area contributed by atoms with Gasteiger partial charge in [-0.25, -0.2) is 4.79 Å². The summed E-state index contributed by atoms with van der Waals surface area (Å²) in [6, 6.07) is 12.9. The van der Waals surface area contributed by atoms with Gasteiger partial charge < -0.3 is 9.15 Å². The monoisotopic (exact) mass is 336 g/mol. The summed E-state index contributed by atoms with van der Waals surface area (Å²) in [6.07, 6.45) is 0.208. The highest BCUT2D eigenvalue weighted by atomic mass is 16.5. The molecule has 0 spiro atoms. The summed E-state index contributed by atoms with van der Waals surface area (Å²) >= 11 is 0. The highest BCUT2D eigenvalue weighted by Gasteiger charge is 2.10. The highest BCUT2D eigenvalue weighted by Crippen LogP contribution is 2.19. The van der Waals surface area contributed by atoms with Crippen LogP contribution in [0.2, 0.25) is 0 Å². The number of carbonyl (C=O) groups is 1. The summed E-state index contributed by atoms with van der Waals surface area (Å²) in [7, 11) is 0. The lowest BCUT2D eigenvalue weighted by molar-refractivity contribution is -0.144. The van der Waals surface area contributed by atoms with E-state index in [4.69, 9.17) is 9.15 Å². The average molecular weight is 336 g/mol. The Balaban J connectivity index is 1.74. The van der Waals surface area contributed by atoms with Gasteiger partial charge in [-0.15, -0.1) is 0 Å². The first-order valence-corrected chi connectivity index (χ1v) is 8.17. The van der Waals surface area contributed by atoms with E-state index in [0.717, 1.165) is 22.1 Å². The Hall–Kier alpha value is -2.88. The molecule has 0 unspecified atom stereocenters. The summed E-state index contributed by atoms with van der Waals surface area (Å²) in [4.78, 5) is 23.8. The summed E-state index contributed by atoms with van der Waals surface area (Å²) < 4.78 is 10.6. The minimum absolute atomic E-state index is 0.0504. The van der Waals surface area contributed by atoms with E-state index < -0.39 is 5.63 Å². The van der Waals surface area contributed by atoms with E-state index >= 15 is 0 Å². The van der Waals surface area contributed by atoms with Crippen molar-refractivity contribution in [3.8, 4) is 0 Å². The largest absolute Gasteiger partial charge is 0.461 e. The van der Waals surface area contributed by atoms with Crippen LogP contribution in [0.4, 0.5) is 0 Å². The number of esters is 1. The van der Waals surface area contributed by atoms with Crippen molar-refractivity contribution in [2.24, 2.45) is 0 Å². The topological polar surface area (TPSA) is 56.5 Å². The van der Waals surface area contributed by atoms with Gasteiger partial charge in [-0.2, -0.15) is 0 Å². The van der Waals surface area contributed by atoms with Crippen LogP contribution in [0.1, 0.15) is 27.8 Å². The van der Waals surface area contributed by atoms with E-state index in [1.807, 2.05) is 51.1 Å². The van der Waals surface area contributed by atoms with Crippen LogP contribution in [-0.2, 0) is 22.6 Å². The van der Waals surface area contributed by atoms with Crippen LogP contribution in [0.5, 0.6) is 0 Å². The van der Waals surface area contributed by atoms with E-state index in [-0.39, 0.29) is 19.0 Å². The summed E-state index contributed by atoms with van der Waals surface area (Å²) in [5.74, 6) is -0.322. The van der Waals surface area contributed by atoms with Crippen molar-refractivity contribution >= 4 is 16.9 Å². The second-order valence-corrected chi connectivity index (χ2v) is 6.35. The second kappa shape index (κ2) is 6.93. The second-order valence-electron chi connectivity index (χ2n) is 6.35. The molecule has 25 heavy (non-hydrogen) atoms. The van der Waals surface area contributed by atoms with Crippen LogP contribution < -0.4 is 5.63 Å². The summed E-state index contributed by atoms with van der Waals surface area (Å²) in [5, 5.41) is 0.782. The highest BCUT2D eigenvalue weighted by molar-refractivity contribution is 5.81. The molecule has 3 rings (SSSR count). The minimum Gasteiger partial charge on any atom is -0.461 e. The maximum atomic E-state index is 12.1. The summed E-state index contributed by atoms with van der Waals surface area (Å²) in [5.41, 5.74) is 4.97. The number of carbonyl (C=O) groups excluding carboxylic acids is 1. The molecule has 3 aromatic rings. The van der Waals surface area contributed by atoms with Gasteiger partial charge in [-0.3, -0.25) is 4.79 Å². The van der Waals surface area contributed by atoms with Crippen LogP contribution >= 0.6 is 0 Å². The predicted octanol–water partition coefficient (Wildman–Crippen LogP) is 4.00. The fourth-order valence-electron chi connectivity index (χ4n) is 2.75. The molecule has 0 aliphatic carbocycles. The van der Waals surface area contributed by atoms with Gasteiger partial charge in [-0.1, -0.05) is 30.3 Å². The zero-order chi connectivity index (χ0) is 18.0. The average Bonchev–Trinajstić information content (AvgIpc) is 2.55. The third-order valence-electron chi connectivity index (χ3n) is 4.29. The molecule has 0 fully saturated rings. The third kappa shape index (κ3) is 3.97. The Morgan fingerprint density at radius 1 is 1.00 bits per heavy atom. The van der Waals surface area contributed by atoms with Gasteiger partial charge in [0, 0.05) is 17.0 Å². The lowest BCUT2D eigenvalue weighted by Crippen LogP contribution is -2.10. The van der Waals surface area contributed by atoms with Crippen LogP contribution in [-0.4, -0.2) is 5.97 Å². The molecule has 2 aromatic carbocycles. The van der Waals surface area contributed by atoms with Gasteiger partial charge in [0.25, 0.3) is 0 Å². The molecule has 4 nitrogen and oxygen atoms in total. The molecule has 0 N–H and O–H groups in total. The standard InChI is InChI=1S/C21H20O4/c1-13-4-7-18-17(11-21(23)25-19(18)8-13)12-24-20(22)10-16-6-5-14(2)15(3)9-16/h4-9,11H,10,12H2,1-3H3. The van der Waals surface area contributed by atoms with E-state index in [0.29, 0.717) is 11.1 Å². The third-order valence-corrected chi connectivity index (χ3v) is 4.29. The van der Waals surface area contributed by atoms with Crippen LogP contribution in [0.25, 0.3) is 11.0 Å². The lowest BCUT2D eigenvalue weighted by atomic mass is 10.0. The van der Waals surface area contributed by atoms with Gasteiger partial charge in [0.2, 0.25) is 0 Å². The smallest absolute Gasteiger partial charge is 0.336 e. The first-order valence-electron chi connectivity index (χ1n) is 8.17. The van der Waals surface area contributed by atoms with Crippen molar-refractivity contribution in [2.45, 2.75) is 33.8 Å². The van der Waals surface area contributed by atoms with Crippen LogP contribution in [0, 0.1) is 20.8 Å². The summed E-state index contributed by atoms with van der Waals surface area (Å²) in [6.45, 7) is 6.03. The fraction of sp³-hybridized carbons (Fsp3) is 0.238. The molecule has 128 valence electrons. The molecule has 0 saturated heterocycles. The van der Waals surface area contributed by atoms with E-state index in [1.165, 1.54) is 11.6 Å². The van der Waals surface area contributed by atoms with Gasteiger partial charge in [0.1, 0.15) is 12.2 Å². The molecule has 0 atom stereocenters. The molecule has 4 heteroatoms. The van der Waals surface area contributed by atoms with Crippen molar-refractivity contribution < 1.29 is 13.9 Å². The Morgan fingerprint density at radius 3 is 2.56 bits per heavy atom. The first kappa shape index (κ1) is 17.0. The number of hydrogen-bond donors (Lipinski definition) is 0. The van der Waals surface area contributed by atoms with Gasteiger partial charge >= 0.3 is 11.6 Å². The normalized spacial score (nSPS) is 10.8. The Labute approximate surface area is 146 Å². The number of ether oxygens (including phenoxy) is 1. The van der Waals surface area contributed by atoms with Gasteiger partial charge in [-0.05, 0) is 49.1 Å². The lowest BCUT2D eigenvalue weighted by Gasteiger charge is -2.09. The minimum atomic E-state index is -0.446. The Kier molecular flexibility index (Phi) is 4.70. The van der Waals surface area contributed by atoms with E-state index in [2.05, 4.69) is 0 Å². The van der Waals surface area contributed by atoms with Crippen LogP contribution in [0.15, 0.2) is 51.7 Å². The zero-order valence-corrected chi connectivity index (χ0v) is 14.6. The van der Waals surface area contributed by atoms with Gasteiger partial charge in [0.15, 0.2) is 0 Å². The molecule has 0 aliphatic rings. The quantitative estimate of drug-likeness (QED) is 0.534. The number of hydrogen-bond acceptors (Lipinski definition) is 4. The van der Waals surface area contributed by atoms with Crippen LogP contribution in [0.3, 0.4) is 0 Å². The number of rotatable bonds is 4. The molecule has 0 amide bonds. The van der Waals surface area contributed by atoms with Crippen molar-refractivity contribution in [2.75, 3.05) is 0 Å². The SMILES string of the molecule is Cc1ccc2c(COC(=O)Cc3ccc(C)c(C)c3)cc(=O)oc2c1. The molecular weight excluding hydrogens is 316 g/mol. The van der Waals surface area contributed by atoms with E-state index in [9.17, 15) is 9.59 Å². The number of benzene rings is 2. The molecule has 0 saturated carbocycles. The van der Waals surface area contributed by atoms with Gasteiger partial charge in [0.05, 0.1) is 6.42 Å². The van der Waals surface area contributed by atoms with E-state index in [1.54, 1.807) is 6.07 Å². The maximum Gasteiger partial charge on any atom is 0.336 e. The molecule has 0 bridgehead atoms. The van der Waals surface area contributed by atoms with Crippen molar-refractivity contribution in [3.63, 3.8) is 0 Å².